The Labute approximate surface area is 105 Å². The van der Waals surface area contributed by atoms with E-state index in [1.807, 2.05) is 6.07 Å². The van der Waals surface area contributed by atoms with E-state index < -0.39 is 0 Å². The summed E-state index contributed by atoms with van der Waals surface area (Å²) in [5.74, 6) is -0.641. The molecular formula is C11H13N3O2S. The van der Waals surface area contributed by atoms with Gasteiger partial charge >= 0.3 is 0 Å². The molecule has 3 N–H and O–H groups in total. The minimum absolute atomic E-state index is 0.0899. The zero-order valence-electron chi connectivity index (χ0n) is 9.09. The van der Waals surface area contributed by atoms with Gasteiger partial charge in [-0.2, -0.15) is 0 Å². The molecule has 0 aliphatic carbocycles. The van der Waals surface area contributed by atoms with Crippen molar-refractivity contribution in [2.45, 2.75) is 0 Å². The van der Waals surface area contributed by atoms with Crippen molar-refractivity contribution < 1.29 is 9.59 Å². The average Bonchev–Trinajstić information content (AvgIpc) is 2.26. The number of amides is 2. The maximum Gasteiger partial charge on any atom is 0.253 e. The number of nitrogens with one attached hydrogen (secondary N) is 1. The van der Waals surface area contributed by atoms with Gasteiger partial charge in [0.2, 0.25) is 5.91 Å². The lowest BCUT2D eigenvalue weighted by atomic mass is 9.98. The monoisotopic (exact) mass is 251 g/mol. The summed E-state index contributed by atoms with van der Waals surface area (Å²) >= 11 is 3.92. The fourth-order valence-electron chi connectivity index (χ4n) is 1.73. The van der Waals surface area contributed by atoms with Crippen LogP contribution in [0.25, 0.3) is 0 Å². The number of hydrogen-bond acceptors (Lipinski definition) is 4. The number of benzene rings is 1. The highest BCUT2D eigenvalue weighted by atomic mass is 32.1. The Morgan fingerprint density at radius 3 is 2.71 bits per heavy atom. The fourth-order valence-corrected chi connectivity index (χ4v) is 1.87. The van der Waals surface area contributed by atoms with Gasteiger partial charge in [-0.25, -0.2) is 0 Å². The molecule has 1 heterocycles. The van der Waals surface area contributed by atoms with Gasteiger partial charge in [-0.1, -0.05) is 18.9 Å². The van der Waals surface area contributed by atoms with Crippen LogP contribution in [0.2, 0.25) is 0 Å². The van der Waals surface area contributed by atoms with Gasteiger partial charge in [-0.15, -0.1) is 0 Å². The minimum Gasteiger partial charge on any atom is -0.369 e. The average molecular weight is 251 g/mol. The Bertz CT molecular complexity index is 458. The predicted molar refractivity (Wildman–Crippen MR) is 67.6 cm³/mol. The van der Waals surface area contributed by atoms with Crippen LogP contribution in [0.15, 0.2) is 24.3 Å². The van der Waals surface area contributed by atoms with Crippen LogP contribution < -0.4 is 10.5 Å². The van der Waals surface area contributed by atoms with Crippen LogP contribution in [0.4, 0.5) is 5.69 Å². The summed E-state index contributed by atoms with van der Waals surface area (Å²) < 4.78 is 2.67. The molecule has 0 atom stereocenters. The molecule has 90 valence electrons. The van der Waals surface area contributed by atoms with Crippen molar-refractivity contribution in [3.63, 3.8) is 0 Å². The van der Waals surface area contributed by atoms with Crippen LogP contribution in [0, 0.1) is 5.92 Å². The number of thiol groups is 1. The molecule has 6 heteroatoms. The first-order valence-electron chi connectivity index (χ1n) is 5.20. The second-order valence-corrected chi connectivity index (χ2v) is 4.23. The Morgan fingerprint density at radius 1 is 1.41 bits per heavy atom. The molecule has 0 aromatic heterocycles. The van der Waals surface area contributed by atoms with Gasteiger partial charge in [0.15, 0.2) is 0 Å². The third-order valence-electron chi connectivity index (χ3n) is 2.81. The number of likely N-dealkylation sites (tertiary alicyclic amines) is 1. The second-order valence-electron chi connectivity index (χ2n) is 4.00. The highest BCUT2D eigenvalue weighted by Gasteiger charge is 2.34. The summed E-state index contributed by atoms with van der Waals surface area (Å²) in [6, 6.07) is 7.03. The lowest BCUT2D eigenvalue weighted by Gasteiger charge is -2.37. The standard InChI is InChI=1S/C11H13N3O2S/c12-10(15)8-5-14(6-8)11(16)7-2-1-3-9(4-7)13-17/h1-4,8,13,17H,5-6H2,(H2,12,15). The van der Waals surface area contributed by atoms with Gasteiger partial charge in [0, 0.05) is 24.3 Å². The normalized spacial score (nSPS) is 15.2. The smallest absolute Gasteiger partial charge is 0.253 e. The first-order chi connectivity index (χ1) is 8.11. The van der Waals surface area contributed by atoms with Crippen LogP contribution in [0.1, 0.15) is 10.4 Å². The Balaban J connectivity index is 2.03. The highest BCUT2D eigenvalue weighted by Crippen LogP contribution is 2.20. The van der Waals surface area contributed by atoms with Crippen LogP contribution in [0.5, 0.6) is 0 Å². The molecule has 0 spiro atoms. The molecular weight excluding hydrogens is 238 g/mol. The first-order valence-corrected chi connectivity index (χ1v) is 5.65. The van der Waals surface area contributed by atoms with Crippen LogP contribution >= 0.6 is 12.8 Å². The van der Waals surface area contributed by atoms with Crippen LogP contribution in [-0.2, 0) is 4.79 Å². The Hall–Kier alpha value is -1.69. The quantitative estimate of drug-likeness (QED) is 0.685. The maximum absolute atomic E-state index is 12.0. The fraction of sp³-hybridized carbons (Fsp3) is 0.273. The SMILES string of the molecule is NC(=O)C1CN(C(=O)c2cccc(NS)c2)C1. The number of carbonyl (C=O) groups excluding carboxylic acids is 2. The Kier molecular flexibility index (Phi) is 3.23. The molecule has 1 aliphatic heterocycles. The zero-order chi connectivity index (χ0) is 12.4. The van der Waals surface area contributed by atoms with E-state index in [9.17, 15) is 9.59 Å². The van der Waals surface area contributed by atoms with Gasteiger partial charge in [0.1, 0.15) is 0 Å². The number of hydrogen-bond donors (Lipinski definition) is 3. The summed E-state index contributed by atoms with van der Waals surface area (Å²) in [4.78, 5) is 24.4. The van der Waals surface area contributed by atoms with Gasteiger partial charge in [0.25, 0.3) is 5.91 Å². The molecule has 2 amide bonds. The molecule has 0 radical (unpaired) electrons. The molecule has 17 heavy (non-hydrogen) atoms. The van der Waals surface area contributed by atoms with Gasteiger partial charge < -0.3 is 15.4 Å². The van der Waals surface area contributed by atoms with E-state index in [0.29, 0.717) is 18.7 Å². The predicted octanol–water partition coefficient (Wildman–Crippen LogP) is 0.501. The maximum atomic E-state index is 12.0. The van der Waals surface area contributed by atoms with E-state index in [2.05, 4.69) is 17.5 Å². The number of nitrogens with two attached hydrogens (primary N) is 1. The van der Waals surface area contributed by atoms with E-state index in [1.54, 1.807) is 23.1 Å². The van der Waals surface area contributed by atoms with E-state index >= 15 is 0 Å². The van der Waals surface area contributed by atoms with E-state index in [-0.39, 0.29) is 17.7 Å². The molecule has 1 saturated heterocycles. The van der Waals surface area contributed by atoms with Crippen molar-refractivity contribution >= 4 is 30.3 Å². The summed E-state index contributed by atoms with van der Waals surface area (Å²) in [7, 11) is 0. The van der Waals surface area contributed by atoms with E-state index in [0.717, 1.165) is 5.69 Å². The number of carbonyl (C=O) groups is 2. The number of rotatable bonds is 3. The van der Waals surface area contributed by atoms with Crippen molar-refractivity contribution in [1.29, 1.82) is 0 Å². The van der Waals surface area contributed by atoms with E-state index in [1.165, 1.54) is 0 Å². The van der Waals surface area contributed by atoms with Crippen LogP contribution in [0.3, 0.4) is 0 Å². The van der Waals surface area contributed by atoms with Crippen molar-refractivity contribution in [1.82, 2.24) is 4.90 Å². The number of primary amides is 1. The number of nitrogens with zero attached hydrogens (tertiary/aromatic N) is 1. The minimum atomic E-state index is -0.347. The Morgan fingerprint density at radius 2 is 2.12 bits per heavy atom. The van der Waals surface area contributed by atoms with Gasteiger partial charge in [0.05, 0.1) is 5.92 Å². The second kappa shape index (κ2) is 4.67. The molecule has 0 saturated carbocycles. The van der Waals surface area contributed by atoms with Crippen molar-refractivity contribution in [2.75, 3.05) is 17.8 Å². The lowest BCUT2D eigenvalue weighted by Crippen LogP contribution is -2.54. The van der Waals surface area contributed by atoms with Crippen molar-refractivity contribution in [2.24, 2.45) is 11.7 Å². The first kappa shape index (κ1) is 11.8. The zero-order valence-corrected chi connectivity index (χ0v) is 9.98. The van der Waals surface area contributed by atoms with E-state index in [4.69, 9.17) is 5.73 Å². The molecule has 1 aromatic rings. The summed E-state index contributed by atoms with van der Waals surface area (Å²) in [5.41, 5.74) is 6.48. The summed E-state index contributed by atoms with van der Waals surface area (Å²) in [6.07, 6.45) is 0. The molecule has 1 fully saturated rings. The van der Waals surface area contributed by atoms with Crippen molar-refractivity contribution in [3.05, 3.63) is 29.8 Å². The lowest BCUT2D eigenvalue weighted by molar-refractivity contribution is -0.125. The molecule has 2 rings (SSSR count). The molecule has 1 aliphatic rings. The largest absolute Gasteiger partial charge is 0.369 e. The molecule has 1 aromatic carbocycles. The van der Waals surface area contributed by atoms with Crippen LogP contribution in [-0.4, -0.2) is 29.8 Å². The topological polar surface area (TPSA) is 75.4 Å². The van der Waals surface area contributed by atoms with Crippen molar-refractivity contribution in [3.8, 4) is 0 Å². The third-order valence-corrected chi connectivity index (χ3v) is 3.07. The van der Waals surface area contributed by atoms with Gasteiger partial charge in [-0.05, 0) is 18.2 Å². The summed E-state index contributed by atoms with van der Waals surface area (Å²) in [6.45, 7) is 0.819. The number of anilines is 1. The highest BCUT2D eigenvalue weighted by molar-refractivity contribution is 7.81. The molecule has 5 nitrogen and oxygen atoms in total. The molecule has 0 bridgehead atoms. The third kappa shape index (κ3) is 2.36. The summed E-state index contributed by atoms with van der Waals surface area (Å²) in [5, 5.41) is 0. The van der Waals surface area contributed by atoms with Gasteiger partial charge in [-0.3, -0.25) is 9.59 Å². The molecule has 0 unspecified atom stereocenters.